The van der Waals surface area contributed by atoms with Gasteiger partial charge in [-0.3, -0.25) is 10.1 Å². The summed E-state index contributed by atoms with van der Waals surface area (Å²) in [6, 6.07) is 3.02. The Morgan fingerprint density at radius 3 is 2.48 bits per heavy atom. The first kappa shape index (κ1) is 18.4. The van der Waals surface area contributed by atoms with Crippen molar-refractivity contribution in [1.82, 2.24) is 24.6 Å². The number of aromatic nitrogens is 4. The normalized spacial score (nSPS) is 11.2. The number of carboxylic acid groups (broad SMARTS) is 1. The maximum absolute atomic E-state index is 12.3. The second-order valence-corrected chi connectivity index (χ2v) is 6.62. The van der Waals surface area contributed by atoms with Gasteiger partial charge in [0.25, 0.3) is 5.95 Å². The third-order valence-corrected chi connectivity index (χ3v) is 3.46. The fourth-order valence-corrected chi connectivity index (χ4v) is 1.96. The summed E-state index contributed by atoms with van der Waals surface area (Å²) in [6.45, 7) is 6.13. The molecule has 0 saturated heterocycles. The number of nitrogens with zero attached hydrogens (tertiary/aromatic N) is 5. The van der Waals surface area contributed by atoms with E-state index in [1.807, 2.05) is 20.8 Å². The molecule has 0 aromatic carbocycles. The van der Waals surface area contributed by atoms with E-state index in [0.29, 0.717) is 11.8 Å². The quantitative estimate of drug-likeness (QED) is 0.855. The first-order valence-electron chi connectivity index (χ1n) is 7.80. The van der Waals surface area contributed by atoms with Gasteiger partial charge in [-0.15, -0.1) is 0 Å². The number of hydrogen-bond donors (Lipinski definition) is 2. The van der Waals surface area contributed by atoms with E-state index in [4.69, 9.17) is 5.11 Å². The lowest BCUT2D eigenvalue weighted by atomic mass is 9.92. The summed E-state index contributed by atoms with van der Waals surface area (Å²) in [5.74, 6) is -0.206. The highest BCUT2D eigenvalue weighted by Gasteiger charge is 2.23. The van der Waals surface area contributed by atoms with Crippen molar-refractivity contribution in [2.45, 2.75) is 32.6 Å². The van der Waals surface area contributed by atoms with Crippen LogP contribution in [-0.2, 0) is 10.2 Å². The maximum Gasteiger partial charge on any atom is 0.322 e. The van der Waals surface area contributed by atoms with E-state index in [0.717, 1.165) is 5.69 Å². The van der Waals surface area contributed by atoms with Crippen LogP contribution in [0.4, 0.5) is 10.6 Å². The SMILES string of the molecule is CN(CCC(=O)O)C(=O)Nc1cc(C(C)(C)C)nn1-c1ncccn1. The molecule has 0 bridgehead atoms. The molecule has 2 N–H and O–H groups in total. The van der Waals surface area contributed by atoms with Crippen molar-refractivity contribution in [3.63, 3.8) is 0 Å². The lowest BCUT2D eigenvalue weighted by Crippen LogP contribution is -2.33. The van der Waals surface area contributed by atoms with E-state index in [-0.39, 0.29) is 18.4 Å². The van der Waals surface area contributed by atoms with Gasteiger partial charge >= 0.3 is 12.0 Å². The zero-order chi connectivity index (χ0) is 18.6. The summed E-state index contributed by atoms with van der Waals surface area (Å²) in [5.41, 5.74) is 0.540. The Morgan fingerprint density at radius 2 is 1.92 bits per heavy atom. The smallest absolute Gasteiger partial charge is 0.322 e. The zero-order valence-electron chi connectivity index (χ0n) is 14.7. The van der Waals surface area contributed by atoms with Crippen LogP contribution in [0.25, 0.3) is 5.95 Å². The van der Waals surface area contributed by atoms with Crippen molar-refractivity contribution < 1.29 is 14.7 Å². The first-order chi connectivity index (χ1) is 11.7. The highest BCUT2D eigenvalue weighted by atomic mass is 16.4. The molecule has 0 unspecified atom stereocenters. The molecule has 0 spiro atoms. The third kappa shape index (κ3) is 4.75. The van der Waals surface area contributed by atoms with Crippen LogP contribution in [0.5, 0.6) is 0 Å². The van der Waals surface area contributed by atoms with Crippen LogP contribution < -0.4 is 5.32 Å². The Bertz CT molecular complexity index is 751. The van der Waals surface area contributed by atoms with Crippen LogP contribution in [0.15, 0.2) is 24.5 Å². The molecule has 2 aromatic rings. The Balaban J connectivity index is 2.28. The van der Waals surface area contributed by atoms with Gasteiger partial charge in [-0.05, 0) is 6.07 Å². The summed E-state index contributed by atoms with van der Waals surface area (Å²) in [7, 11) is 1.53. The van der Waals surface area contributed by atoms with Crippen molar-refractivity contribution in [3.05, 3.63) is 30.2 Å². The number of nitrogens with one attached hydrogen (secondary N) is 1. The van der Waals surface area contributed by atoms with E-state index < -0.39 is 12.0 Å². The number of carboxylic acids is 1. The molecule has 0 aliphatic rings. The van der Waals surface area contributed by atoms with E-state index in [9.17, 15) is 9.59 Å². The molecule has 134 valence electrons. The number of urea groups is 1. The highest BCUT2D eigenvalue weighted by Crippen LogP contribution is 2.25. The summed E-state index contributed by atoms with van der Waals surface area (Å²) >= 11 is 0. The highest BCUT2D eigenvalue weighted by molar-refractivity contribution is 5.88. The Kier molecular flexibility index (Phi) is 5.35. The van der Waals surface area contributed by atoms with Gasteiger partial charge in [0.2, 0.25) is 0 Å². The summed E-state index contributed by atoms with van der Waals surface area (Å²) < 4.78 is 1.46. The van der Waals surface area contributed by atoms with Gasteiger partial charge in [0.05, 0.1) is 12.1 Å². The van der Waals surface area contributed by atoms with Crippen LogP contribution >= 0.6 is 0 Å². The van der Waals surface area contributed by atoms with Crippen molar-refractivity contribution in [3.8, 4) is 5.95 Å². The van der Waals surface area contributed by atoms with Crippen molar-refractivity contribution in [1.29, 1.82) is 0 Å². The summed E-state index contributed by atoms with van der Waals surface area (Å²) in [5, 5.41) is 16.0. The van der Waals surface area contributed by atoms with Gasteiger partial charge in [-0.1, -0.05) is 20.8 Å². The van der Waals surface area contributed by atoms with Crippen LogP contribution in [0.2, 0.25) is 0 Å². The molecular formula is C16H22N6O3. The van der Waals surface area contributed by atoms with Crippen molar-refractivity contribution in [2.75, 3.05) is 18.9 Å². The van der Waals surface area contributed by atoms with Gasteiger partial charge in [0.15, 0.2) is 0 Å². The average Bonchev–Trinajstić information content (AvgIpc) is 2.97. The van der Waals surface area contributed by atoms with Gasteiger partial charge in [-0.25, -0.2) is 14.8 Å². The molecule has 0 atom stereocenters. The molecule has 0 fully saturated rings. The van der Waals surface area contributed by atoms with Crippen LogP contribution in [0, 0.1) is 0 Å². The summed E-state index contributed by atoms with van der Waals surface area (Å²) in [4.78, 5) is 32.6. The molecule has 2 amide bonds. The van der Waals surface area contributed by atoms with Crippen LogP contribution in [0.1, 0.15) is 32.9 Å². The fraction of sp³-hybridized carbons (Fsp3) is 0.438. The first-order valence-corrected chi connectivity index (χ1v) is 7.80. The molecule has 0 aliphatic carbocycles. The van der Waals surface area contributed by atoms with E-state index >= 15 is 0 Å². The van der Waals surface area contributed by atoms with E-state index in [1.54, 1.807) is 24.5 Å². The fourth-order valence-electron chi connectivity index (χ4n) is 1.96. The zero-order valence-corrected chi connectivity index (χ0v) is 14.7. The molecule has 0 radical (unpaired) electrons. The number of hydrogen-bond acceptors (Lipinski definition) is 5. The lowest BCUT2D eigenvalue weighted by Gasteiger charge is -2.17. The minimum atomic E-state index is -0.961. The number of amides is 2. The van der Waals surface area contributed by atoms with Crippen molar-refractivity contribution in [2.24, 2.45) is 0 Å². The second kappa shape index (κ2) is 7.29. The second-order valence-electron chi connectivity index (χ2n) is 6.62. The summed E-state index contributed by atoms with van der Waals surface area (Å²) in [6.07, 6.45) is 3.05. The monoisotopic (exact) mass is 346 g/mol. The molecule has 0 aliphatic heterocycles. The molecule has 25 heavy (non-hydrogen) atoms. The van der Waals surface area contributed by atoms with Gasteiger partial charge in [0.1, 0.15) is 5.82 Å². The molecule has 2 heterocycles. The number of rotatable bonds is 5. The van der Waals surface area contributed by atoms with Crippen molar-refractivity contribution >= 4 is 17.8 Å². The van der Waals surface area contributed by atoms with Gasteiger partial charge < -0.3 is 10.0 Å². The molecule has 2 rings (SSSR count). The van der Waals surface area contributed by atoms with Gasteiger partial charge in [0, 0.05) is 37.5 Å². The molecular weight excluding hydrogens is 324 g/mol. The predicted molar refractivity (Wildman–Crippen MR) is 91.8 cm³/mol. The molecule has 9 heteroatoms. The number of anilines is 1. The molecule has 0 saturated carbocycles. The topological polar surface area (TPSA) is 113 Å². The average molecular weight is 346 g/mol. The Hall–Kier alpha value is -2.97. The standard InChI is InChI=1S/C16H22N6O3/c1-16(2,3)11-10-12(19-15(25)21(4)9-6-13(23)24)22(20-11)14-17-7-5-8-18-14/h5,7-8,10H,6,9H2,1-4H3,(H,19,25)(H,23,24). The number of carbonyl (C=O) groups is 2. The van der Waals surface area contributed by atoms with E-state index in [1.165, 1.54) is 16.6 Å². The molecule has 2 aromatic heterocycles. The number of aliphatic carboxylic acids is 1. The number of carbonyl (C=O) groups excluding carboxylic acids is 1. The molecule has 9 nitrogen and oxygen atoms in total. The minimum absolute atomic E-state index is 0.100. The van der Waals surface area contributed by atoms with Crippen LogP contribution in [0.3, 0.4) is 0 Å². The Labute approximate surface area is 145 Å². The maximum atomic E-state index is 12.3. The van der Waals surface area contributed by atoms with Gasteiger partial charge in [-0.2, -0.15) is 9.78 Å². The lowest BCUT2D eigenvalue weighted by molar-refractivity contribution is -0.137. The third-order valence-electron chi connectivity index (χ3n) is 3.46. The van der Waals surface area contributed by atoms with Crippen LogP contribution in [-0.4, -0.2) is 55.3 Å². The minimum Gasteiger partial charge on any atom is -0.481 e. The predicted octanol–water partition coefficient (Wildman–Crippen LogP) is 1.90. The Morgan fingerprint density at radius 1 is 1.28 bits per heavy atom. The van der Waals surface area contributed by atoms with E-state index in [2.05, 4.69) is 20.4 Å². The largest absolute Gasteiger partial charge is 0.481 e.